The first-order valence-corrected chi connectivity index (χ1v) is 11.8. The van der Waals surface area contributed by atoms with E-state index in [9.17, 15) is 0 Å². The number of halogens is 3. The van der Waals surface area contributed by atoms with E-state index in [1.165, 1.54) is 57.8 Å². The number of rotatable bonds is 11. The van der Waals surface area contributed by atoms with E-state index in [1.807, 2.05) is 6.55 Å². The fourth-order valence-electron chi connectivity index (χ4n) is 1.77. The van der Waals surface area contributed by atoms with Crippen molar-refractivity contribution in [1.29, 1.82) is 0 Å². The number of unbranched alkanes of at least 4 members (excludes halogenated alkanes) is 8. The molecule has 0 nitrogen and oxygen atoms in total. The highest BCUT2D eigenvalue weighted by Gasteiger charge is 2.19. The topological polar surface area (TPSA) is 0 Å². The minimum atomic E-state index is -1.82. The lowest BCUT2D eigenvalue weighted by molar-refractivity contribution is 0.572. The molecule has 4 heteroatoms. The summed E-state index contributed by atoms with van der Waals surface area (Å²) in [5.74, 6) is 0.819. The highest BCUT2D eigenvalue weighted by atomic mass is 35.7. The van der Waals surface area contributed by atoms with E-state index in [4.69, 9.17) is 33.8 Å². The van der Waals surface area contributed by atoms with Crippen molar-refractivity contribution in [3.63, 3.8) is 0 Å². The van der Waals surface area contributed by atoms with Crippen molar-refractivity contribution < 1.29 is 0 Å². The summed E-state index contributed by atoms with van der Waals surface area (Å²) in [4.78, 5) is 0. The van der Waals surface area contributed by atoms with E-state index < -0.39 is 6.69 Å². The average molecular weight is 304 g/mol. The normalized spacial score (nSPS) is 12.0. The van der Waals surface area contributed by atoms with Crippen molar-refractivity contribution in [3.05, 3.63) is 0 Å². The Kier molecular flexibility index (Phi) is 12.0. The van der Waals surface area contributed by atoms with Crippen LogP contribution in [-0.4, -0.2) is 12.6 Å². The molecule has 0 N–H and O–H groups in total. The third-order valence-corrected chi connectivity index (χ3v) is 5.38. The molecule has 0 amide bonds. The summed E-state index contributed by atoms with van der Waals surface area (Å²) in [5, 5.41) is 0. The van der Waals surface area contributed by atoms with Gasteiger partial charge in [0.05, 0.1) is 0 Å². The molecule has 0 aliphatic carbocycles. The van der Waals surface area contributed by atoms with Gasteiger partial charge in [0.2, 0.25) is 6.69 Å². The average Bonchev–Trinajstić information content (AvgIpc) is 2.19. The van der Waals surface area contributed by atoms with E-state index in [-0.39, 0.29) is 0 Å². The van der Waals surface area contributed by atoms with Crippen LogP contribution in [-0.2, 0) is 0 Å². The van der Waals surface area contributed by atoms with Gasteiger partial charge in [-0.15, -0.1) is 33.8 Å². The lowest BCUT2D eigenvalue weighted by Crippen LogP contribution is -2.11. The van der Waals surface area contributed by atoms with Crippen LogP contribution in [0.4, 0.5) is 0 Å². The quantitative estimate of drug-likeness (QED) is 0.182. The third kappa shape index (κ3) is 15.1. The Morgan fingerprint density at radius 3 is 1.44 bits per heavy atom. The number of hydrogen-bond acceptors (Lipinski definition) is 0. The van der Waals surface area contributed by atoms with Gasteiger partial charge in [-0.25, -0.2) is 0 Å². The molecule has 98 valence electrons. The van der Waals surface area contributed by atoms with Gasteiger partial charge in [-0.05, 0) is 19.0 Å². The summed E-state index contributed by atoms with van der Waals surface area (Å²) in [5.41, 5.74) is 0. The smallest absolute Gasteiger partial charge is 0.146 e. The fraction of sp³-hybridized carbons (Fsp3) is 1.00. The largest absolute Gasteiger partial charge is 0.248 e. The second-order valence-electron chi connectivity index (χ2n) is 4.69. The van der Waals surface area contributed by atoms with Crippen molar-refractivity contribution in [1.82, 2.24) is 0 Å². The summed E-state index contributed by atoms with van der Waals surface area (Å²) in [6, 6.07) is 1.05. The molecule has 0 aromatic carbocycles. The molecule has 0 aliphatic heterocycles. The molecule has 0 fully saturated rings. The highest BCUT2D eigenvalue weighted by Crippen LogP contribution is 2.23. The van der Waals surface area contributed by atoms with Crippen molar-refractivity contribution in [3.8, 4) is 0 Å². The molecule has 0 heterocycles. The molecular formula is C12H25Cl3Si. The first kappa shape index (κ1) is 17.1. The minimum Gasteiger partial charge on any atom is -0.146 e. The van der Waals surface area contributed by atoms with Crippen LogP contribution in [0.3, 0.4) is 0 Å². The maximum absolute atomic E-state index is 6.04. The molecule has 0 saturated heterocycles. The Balaban J connectivity index is 2.99. The molecule has 0 bridgehead atoms. The highest BCUT2D eigenvalue weighted by molar-refractivity contribution is 7.44. The monoisotopic (exact) mass is 302 g/mol. The summed E-state index contributed by atoms with van der Waals surface area (Å²) in [6.07, 6.45) is 11.8. The molecule has 0 spiro atoms. The summed E-state index contributed by atoms with van der Waals surface area (Å²) < 4.78 is 0. The van der Waals surface area contributed by atoms with Crippen molar-refractivity contribution >= 4 is 40.5 Å². The van der Waals surface area contributed by atoms with E-state index in [2.05, 4.69) is 0 Å². The number of hydrogen-bond donors (Lipinski definition) is 0. The number of alkyl halides is 1. The zero-order valence-electron chi connectivity index (χ0n) is 10.4. The molecule has 16 heavy (non-hydrogen) atoms. The Morgan fingerprint density at radius 2 is 1.06 bits per heavy atom. The predicted octanol–water partition coefficient (Wildman–Crippen LogP) is 6.29. The van der Waals surface area contributed by atoms with Gasteiger partial charge in [-0.3, -0.25) is 0 Å². The van der Waals surface area contributed by atoms with Crippen LogP contribution in [0.2, 0.25) is 12.6 Å². The Labute approximate surface area is 116 Å². The molecule has 0 unspecified atom stereocenters. The Hall–Kier alpha value is 1.09. The molecule has 0 rings (SSSR count). The second kappa shape index (κ2) is 11.2. The van der Waals surface area contributed by atoms with Gasteiger partial charge in [0.15, 0.2) is 0 Å². The van der Waals surface area contributed by atoms with Crippen LogP contribution in [0.25, 0.3) is 0 Å². The maximum atomic E-state index is 6.04. The lowest BCUT2D eigenvalue weighted by atomic mass is 10.1. The van der Waals surface area contributed by atoms with Gasteiger partial charge in [0.25, 0.3) is 0 Å². The molecule has 0 aromatic heterocycles. The van der Waals surface area contributed by atoms with Crippen LogP contribution in [0.1, 0.15) is 57.8 Å². The van der Waals surface area contributed by atoms with E-state index in [1.54, 1.807) is 0 Å². The van der Waals surface area contributed by atoms with Gasteiger partial charge in [-0.1, -0.05) is 51.4 Å². The van der Waals surface area contributed by atoms with Crippen molar-refractivity contribution in [2.24, 2.45) is 0 Å². The molecule has 0 radical (unpaired) electrons. The first-order chi connectivity index (χ1) is 7.56. The standard InChI is InChI=1S/C12H25Cl3Si/c1-16(14,15)12-10-8-6-4-2-3-5-7-9-11-13/h2-12H2,1H3. The van der Waals surface area contributed by atoms with E-state index >= 15 is 0 Å². The van der Waals surface area contributed by atoms with Crippen LogP contribution in [0.15, 0.2) is 0 Å². The van der Waals surface area contributed by atoms with Crippen LogP contribution >= 0.6 is 33.8 Å². The molecule has 0 aromatic rings. The Morgan fingerprint density at radius 1 is 0.688 bits per heavy atom. The zero-order valence-corrected chi connectivity index (χ0v) is 13.7. The maximum Gasteiger partial charge on any atom is 0.248 e. The van der Waals surface area contributed by atoms with Crippen LogP contribution < -0.4 is 0 Å². The fourth-order valence-corrected chi connectivity index (χ4v) is 3.63. The van der Waals surface area contributed by atoms with Gasteiger partial charge in [0.1, 0.15) is 0 Å². The SMILES string of the molecule is C[Si](Cl)(Cl)CCCCCCCCCCCCl. The first-order valence-electron chi connectivity index (χ1n) is 6.50. The summed E-state index contributed by atoms with van der Waals surface area (Å²) in [7, 11) is 0. The molecule has 0 aliphatic rings. The van der Waals surface area contributed by atoms with Crippen LogP contribution in [0, 0.1) is 0 Å². The zero-order chi connectivity index (χ0) is 12.3. The lowest BCUT2D eigenvalue weighted by Gasteiger charge is -2.09. The van der Waals surface area contributed by atoms with Crippen molar-refractivity contribution in [2.45, 2.75) is 70.4 Å². The third-order valence-electron chi connectivity index (χ3n) is 2.75. The van der Waals surface area contributed by atoms with Gasteiger partial charge >= 0.3 is 0 Å². The van der Waals surface area contributed by atoms with E-state index in [0.29, 0.717) is 0 Å². The minimum absolute atomic E-state index is 0.819. The summed E-state index contributed by atoms with van der Waals surface area (Å²) >= 11 is 17.7. The molecule has 0 atom stereocenters. The van der Waals surface area contributed by atoms with Crippen molar-refractivity contribution in [2.75, 3.05) is 5.88 Å². The van der Waals surface area contributed by atoms with Gasteiger partial charge in [-0.2, -0.15) is 0 Å². The Bertz CT molecular complexity index is 146. The van der Waals surface area contributed by atoms with Gasteiger partial charge in [0, 0.05) is 5.88 Å². The summed E-state index contributed by atoms with van der Waals surface area (Å²) in [6.45, 7) is 0.191. The predicted molar refractivity (Wildman–Crippen MR) is 80.4 cm³/mol. The van der Waals surface area contributed by atoms with E-state index in [0.717, 1.165) is 11.9 Å². The second-order valence-corrected chi connectivity index (χ2v) is 13.3. The molecule has 0 saturated carbocycles. The van der Waals surface area contributed by atoms with Crippen LogP contribution in [0.5, 0.6) is 0 Å². The van der Waals surface area contributed by atoms with Gasteiger partial charge < -0.3 is 0 Å². The molecular weight excluding hydrogens is 279 g/mol.